The first-order chi connectivity index (χ1) is 27.5. The molecular weight excluding hydrogens is 839 g/mol. The average molecular weight is 896 g/mol. The van der Waals surface area contributed by atoms with E-state index in [0.717, 1.165) is 92.7 Å². The van der Waals surface area contributed by atoms with Crippen molar-refractivity contribution < 1.29 is 37.3 Å². The predicted octanol–water partition coefficient (Wildman–Crippen LogP) is 2.67. The number of carbonyl (C=O) groups excluding carboxylic acids is 1. The van der Waals surface area contributed by atoms with Crippen LogP contribution in [0.25, 0.3) is 20.8 Å². The number of thiazole rings is 1. The molecule has 3 heterocycles. The quantitative estimate of drug-likeness (QED) is 0.0741. The fourth-order valence-corrected chi connectivity index (χ4v) is 7.16. The third kappa shape index (κ3) is 16.8. The maximum atomic E-state index is 12.7. The molecule has 59 heavy (non-hydrogen) atoms. The largest absolute Gasteiger partial charge is 0.461 e. The van der Waals surface area contributed by atoms with Gasteiger partial charge in [0, 0.05) is 119 Å². The number of fused-ring (bicyclic) bond motifs is 1. The SMILES string of the molecule is CN(CCOc1nc(NCCC(=O)NCCCN2CCNCCNCCNCC2)nc(NCc2ccc(Cl)cc2)n1)c1ccc(-c2nc3ccccc3s2)cc1.O.O.[Co]. The van der Waals surface area contributed by atoms with Crippen molar-refractivity contribution in [3.05, 3.63) is 83.4 Å². The van der Waals surface area contributed by atoms with Crippen LogP contribution in [0.15, 0.2) is 72.8 Å². The monoisotopic (exact) mass is 895 g/mol. The van der Waals surface area contributed by atoms with E-state index in [-0.39, 0.29) is 46.1 Å². The Bertz CT molecular complexity index is 1900. The smallest absolute Gasteiger partial charge is 0.323 e. The van der Waals surface area contributed by atoms with E-state index in [1.165, 1.54) is 4.70 Å². The molecule has 0 spiro atoms. The topological polar surface area (TPSA) is 220 Å². The van der Waals surface area contributed by atoms with E-state index in [9.17, 15) is 4.79 Å². The van der Waals surface area contributed by atoms with Crippen LogP contribution in [0.5, 0.6) is 6.01 Å². The van der Waals surface area contributed by atoms with E-state index in [1.54, 1.807) is 11.3 Å². The Morgan fingerprint density at radius 2 is 1.49 bits per heavy atom. The molecule has 19 heteroatoms. The molecule has 323 valence electrons. The molecule has 0 aliphatic carbocycles. The number of hydrogen-bond donors (Lipinski definition) is 6. The Hall–Kier alpha value is -4.21. The number of nitrogens with one attached hydrogen (secondary N) is 6. The predicted molar refractivity (Wildman–Crippen MR) is 235 cm³/mol. The summed E-state index contributed by atoms with van der Waals surface area (Å²) in [6.07, 6.45) is 1.17. The summed E-state index contributed by atoms with van der Waals surface area (Å²) in [5.74, 6) is 0.665. The Balaban J connectivity index is 0.00000310. The van der Waals surface area contributed by atoms with Crippen LogP contribution >= 0.6 is 22.9 Å². The van der Waals surface area contributed by atoms with Gasteiger partial charge in [0.05, 0.1) is 16.8 Å². The van der Waals surface area contributed by atoms with Crippen LogP contribution in [0.1, 0.15) is 18.4 Å². The second kappa shape index (κ2) is 26.8. The van der Waals surface area contributed by atoms with Crippen molar-refractivity contribution in [3.63, 3.8) is 0 Å². The van der Waals surface area contributed by atoms with Gasteiger partial charge in [-0.05, 0) is 67.1 Å². The summed E-state index contributed by atoms with van der Waals surface area (Å²) in [5.41, 5.74) is 4.18. The number of nitrogens with zero attached hydrogens (tertiary/aromatic N) is 6. The molecule has 1 saturated heterocycles. The van der Waals surface area contributed by atoms with Gasteiger partial charge in [-0.15, -0.1) is 11.3 Å². The van der Waals surface area contributed by atoms with E-state index in [1.807, 2.05) is 49.5 Å². The Kier molecular flexibility index (Phi) is 22.3. The standard InChI is InChI=1S/C40H53ClN12O2S.Co.2H2O/c1-52(33-13-9-31(10-14-33)37-48-34-5-2-3-6-35(34)56-37)27-28-55-40-50-38(49-39(51-40)47-29-30-7-11-32(41)12-8-30)46-17-15-36(54)45-16-4-24-53-25-22-43-20-18-42-19-21-44-23-26-53;;;/h2-3,5-14,42-44H,4,15-29H2,1H3,(H,45,54)(H2,46,47,49,50,51);;2*1H2. The van der Waals surface area contributed by atoms with Crippen LogP contribution in [-0.2, 0) is 28.1 Å². The number of rotatable bonds is 17. The van der Waals surface area contributed by atoms with E-state index in [4.69, 9.17) is 21.3 Å². The molecule has 1 fully saturated rings. The van der Waals surface area contributed by atoms with Crippen molar-refractivity contribution >= 4 is 56.6 Å². The third-order valence-corrected chi connectivity index (χ3v) is 10.6. The molecule has 2 aromatic heterocycles. The summed E-state index contributed by atoms with van der Waals surface area (Å²) >= 11 is 7.77. The van der Waals surface area contributed by atoms with Gasteiger partial charge in [0.2, 0.25) is 17.8 Å². The molecule has 1 amide bonds. The van der Waals surface area contributed by atoms with Crippen LogP contribution in [0.4, 0.5) is 17.6 Å². The minimum absolute atomic E-state index is 0. The number of aromatic nitrogens is 4. The number of halogens is 1. The van der Waals surface area contributed by atoms with Gasteiger partial charge in [-0.3, -0.25) is 4.79 Å². The molecule has 0 saturated carbocycles. The van der Waals surface area contributed by atoms with Gasteiger partial charge < -0.3 is 57.4 Å². The molecule has 1 radical (unpaired) electrons. The van der Waals surface area contributed by atoms with Crippen LogP contribution < -0.4 is 41.5 Å². The second-order valence-electron chi connectivity index (χ2n) is 13.5. The molecule has 16 nitrogen and oxygen atoms in total. The molecule has 1 aliphatic rings. The number of likely N-dealkylation sites (N-methyl/N-ethyl adjacent to an activating group) is 1. The van der Waals surface area contributed by atoms with E-state index in [0.29, 0.717) is 49.7 Å². The summed E-state index contributed by atoms with van der Waals surface area (Å²) in [6, 6.07) is 24.3. The van der Waals surface area contributed by atoms with E-state index < -0.39 is 0 Å². The van der Waals surface area contributed by atoms with Gasteiger partial charge in [-0.25, -0.2) is 4.98 Å². The minimum Gasteiger partial charge on any atom is -0.461 e. The molecule has 1 aliphatic heterocycles. The second-order valence-corrected chi connectivity index (χ2v) is 15.0. The number of anilines is 3. The number of para-hydroxylation sites is 1. The molecule has 3 aromatic carbocycles. The number of hydrogen-bond acceptors (Lipinski definition) is 14. The van der Waals surface area contributed by atoms with Crippen LogP contribution in [0.3, 0.4) is 0 Å². The summed E-state index contributed by atoms with van der Waals surface area (Å²) in [5, 5.41) is 21.6. The number of carbonyl (C=O) groups is 1. The summed E-state index contributed by atoms with van der Waals surface area (Å²) < 4.78 is 7.23. The number of benzene rings is 3. The zero-order chi connectivity index (χ0) is 38.8. The van der Waals surface area contributed by atoms with Crippen molar-refractivity contribution in [2.75, 3.05) is 108 Å². The van der Waals surface area contributed by atoms with Crippen molar-refractivity contribution in [3.8, 4) is 16.6 Å². The maximum Gasteiger partial charge on any atom is 0.323 e. The van der Waals surface area contributed by atoms with Gasteiger partial charge in [0.1, 0.15) is 11.6 Å². The van der Waals surface area contributed by atoms with Gasteiger partial charge in [0.25, 0.3) is 0 Å². The van der Waals surface area contributed by atoms with E-state index in [2.05, 4.69) is 87.0 Å². The fourth-order valence-electron chi connectivity index (χ4n) is 6.06. The molecule has 6 rings (SSSR count). The van der Waals surface area contributed by atoms with Crippen LogP contribution in [0.2, 0.25) is 5.02 Å². The molecule has 5 aromatic rings. The third-order valence-electron chi connectivity index (χ3n) is 9.26. The molecule has 10 N–H and O–H groups in total. The summed E-state index contributed by atoms with van der Waals surface area (Å²) in [7, 11) is 2.02. The minimum atomic E-state index is -0.0233. The van der Waals surface area contributed by atoms with Crippen molar-refractivity contribution in [1.82, 2.24) is 46.1 Å². The van der Waals surface area contributed by atoms with Gasteiger partial charge >= 0.3 is 6.01 Å². The first-order valence-electron chi connectivity index (χ1n) is 19.4. The summed E-state index contributed by atoms with van der Waals surface area (Å²) in [4.78, 5) is 35.6. The Morgan fingerprint density at radius 3 is 2.19 bits per heavy atom. The van der Waals surface area contributed by atoms with Crippen molar-refractivity contribution in [2.45, 2.75) is 19.4 Å². The van der Waals surface area contributed by atoms with Crippen molar-refractivity contribution in [1.29, 1.82) is 0 Å². The zero-order valence-corrected chi connectivity index (χ0v) is 36.0. The van der Waals surface area contributed by atoms with Crippen LogP contribution in [-0.4, -0.2) is 134 Å². The Labute approximate surface area is 365 Å². The first kappa shape index (κ1) is 49.2. The Morgan fingerprint density at radius 1 is 0.831 bits per heavy atom. The summed E-state index contributed by atoms with van der Waals surface area (Å²) in [6.45, 7) is 11.2. The fraction of sp³-hybridized carbons (Fsp3) is 0.425. The first-order valence-corrected chi connectivity index (χ1v) is 20.6. The zero-order valence-electron chi connectivity index (χ0n) is 33.4. The molecular formula is C40H57ClCoN12O4S. The van der Waals surface area contributed by atoms with Gasteiger partial charge in [0.15, 0.2) is 0 Å². The molecule has 0 unspecified atom stereocenters. The average Bonchev–Trinajstić information content (AvgIpc) is 3.65. The van der Waals surface area contributed by atoms with Crippen molar-refractivity contribution in [2.24, 2.45) is 0 Å². The van der Waals surface area contributed by atoms with Gasteiger partial charge in [-0.1, -0.05) is 35.9 Å². The van der Waals surface area contributed by atoms with Gasteiger partial charge in [-0.2, -0.15) is 15.0 Å². The molecule has 0 atom stereocenters. The van der Waals surface area contributed by atoms with E-state index >= 15 is 0 Å². The maximum absolute atomic E-state index is 12.7. The number of ether oxygens (including phenoxy) is 1. The number of amides is 1. The van der Waals surface area contributed by atoms with Crippen LogP contribution in [0, 0.1) is 0 Å². The normalized spacial score (nSPS) is 13.7. The molecule has 0 bridgehead atoms.